The number of benzene rings is 4. The van der Waals surface area contributed by atoms with E-state index in [9.17, 15) is 0 Å². The molecular formula is C25H17ClO2. The highest BCUT2D eigenvalue weighted by molar-refractivity contribution is 6.32. The van der Waals surface area contributed by atoms with E-state index in [0.717, 1.165) is 44.0 Å². The first-order chi connectivity index (χ1) is 13.8. The number of rotatable bonds is 3. The van der Waals surface area contributed by atoms with Gasteiger partial charge in [-0.3, -0.25) is 0 Å². The molecule has 0 unspecified atom stereocenters. The van der Waals surface area contributed by atoms with Crippen LogP contribution in [0.2, 0.25) is 5.02 Å². The van der Waals surface area contributed by atoms with Crippen molar-refractivity contribution in [3.05, 3.63) is 89.6 Å². The fraction of sp³-hybridized carbons (Fsp3) is 0.0400. The average molecular weight is 385 g/mol. The van der Waals surface area contributed by atoms with Crippen molar-refractivity contribution in [2.24, 2.45) is 0 Å². The number of fused-ring (bicyclic) bond motifs is 4. The topological polar surface area (TPSA) is 22.4 Å². The van der Waals surface area contributed by atoms with Crippen LogP contribution in [0.1, 0.15) is 5.56 Å². The Balaban J connectivity index is 1.97. The lowest BCUT2D eigenvalue weighted by atomic mass is 9.90. The van der Waals surface area contributed by atoms with Crippen LogP contribution in [-0.4, -0.2) is 7.11 Å². The Labute approximate surface area is 167 Å². The van der Waals surface area contributed by atoms with E-state index in [1.54, 1.807) is 13.4 Å². The molecule has 136 valence electrons. The Morgan fingerprint density at radius 3 is 2.50 bits per heavy atom. The van der Waals surface area contributed by atoms with Gasteiger partial charge in [-0.15, -0.1) is 0 Å². The van der Waals surface area contributed by atoms with Crippen LogP contribution in [-0.2, 0) is 4.74 Å². The summed E-state index contributed by atoms with van der Waals surface area (Å²) >= 11 is 6.51. The lowest BCUT2D eigenvalue weighted by Crippen LogP contribution is -1.88. The monoisotopic (exact) mass is 384 g/mol. The van der Waals surface area contributed by atoms with Crippen LogP contribution < -0.4 is 0 Å². The quantitative estimate of drug-likeness (QED) is 0.297. The van der Waals surface area contributed by atoms with E-state index >= 15 is 0 Å². The molecule has 0 fully saturated rings. The summed E-state index contributed by atoms with van der Waals surface area (Å²) in [4.78, 5) is 0. The van der Waals surface area contributed by atoms with Crippen LogP contribution in [0.15, 0.2) is 83.5 Å². The minimum atomic E-state index is 0.649. The lowest BCUT2D eigenvalue weighted by Gasteiger charge is -2.13. The highest BCUT2D eigenvalue weighted by Crippen LogP contribution is 2.42. The normalized spacial score (nSPS) is 11.8. The zero-order valence-corrected chi connectivity index (χ0v) is 16.0. The molecule has 0 amide bonds. The molecule has 0 aliphatic heterocycles. The zero-order chi connectivity index (χ0) is 19.1. The van der Waals surface area contributed by atoms with Gasteiger partial charge in [-0.05, 0) is 45.7 Å². The van der Waals surface area contributed by atoms with Gasteiger partial charge in [0, 0.05) is 21.9 Å². The number of methoxy groups -OCH3 is 1. The third-order valence-electron chi connectivity index (χ3n) is 5.06. The molecular weight excluding hydrogens is 368 g/mol. The van der Waals surface area contributed by atoms with Gasteiger partial charge in [-0.2, -0.15) is 0 Å². The Hall–Kier alpha value is -3.23. The Morgan fingerprint density at radius 1 is 0.857 bits per heavy atom. The molecule has 28 heavy (non-hydrogen) atoms. The maximum Gasteiger partial charge on any atom is 0.137 e. The fourth-order valence-corrected chi connectivity index (χ4v) is 4.10. The first-order valence-electron chi connectivity index (χ1n) is 9.08. The van der Waals surface area contributed by atoms with Gasteiger partial charge in [0.1, 0.15) is 11.2 Å². The number of hydrogen-bond acceptors (Lipinski definition) is 2. The second-order valence-electron chi connectivity index (χ2n) is 6.71. The predicted octanol–water partition coefficient (Wildman–Crippen LogP) is 7.68. The largest absolute Gasteiger partial charge is 0.504 e. The first kappa shape index (κ1) is 16.9. The lowest BCUT2D eigenvalue weighted by molar-refractivity contribution is 0.341. The van der Waals surface area contributed by atoms with Crippen molar-refractivity contribution in [3.63, 3.8) is 0 Å². The van der Waals surface area contributed by atoms with Gasteiger partial charge in [-0.25, -0.2) is 0 Å². The Kier molecular flexibility index (Phi) is 4.07. The van der Waals surface area contributed by atoms with Crippen molar-refractivity contribution in [2.75, 3.05) is 7.11 Å². The number of ether oxygens (including phenoxy) is 1. The van der Waals surface area contributed by atoms with E-state index < -0.39 is 0 Å². The summed E-state index contributed by atoms with van der Waals surface area (Å²) in [6.45, 7) is 0. The van der Waals surface area contributed by atoms with Crippen LogP contribution in [0, 0.1) is 0 Å². The van der Waals surface area contributed by atoms with Crippen molar-refractivity contribution in [1.82, 2.24) is 0 Å². The molecule has 0 aliphatic carbocycles. The molecule has 0 saturated heterocycles. The van der Waals surface area contributed by atoms with E-state index in [1.807, 2.05) is 36.4 Å². The third kappa shape index (κ3) is 2.65. The average Bonchev–Trinajstić information content (AvgIpc) is 3.09. The summed E-state index contributed by atoms with van der Waals surface area (Å²) in [5.41, 5.74) is 4.88. The molecule has 4 aromatic carbocycles. The molecule has 0 bridgehead atoms. The highest BCUT2D eigenvalue weighted by atomic mass is 35.5. The molecule has 2 nitrogen and oxygen atoms in total. The maximum atomic E-state index is 6.51. The predicted molar refractivity (Wildman–Crippen MR) is 118 cm³/mol. The van der Waals surface area contributed by atoms with Gasteiger partial charge >= 0.3 is 0 Å². The molecule has 0 radical (unpaired) electrons. The van der Waals surface area contributed by atoms with Gasteiger partial charge in [0.25, 0.3) is 0 Å². The van der Waals surface area contributed by atoms with Gasteiger partial charge in [0.2, 0.25) is 0 Å². The summed E-state index contributed by atoms with van der Waals surface area (Å²) < 4.78 is 11.3. The molecule has 0 aliphatic rings. The van der Waals surface area contributed by atoms with Crippen molar-refractivity contribution in [1.29, 1.82) is 0 Å². The molecule has 0 atom stereocenters. The molecule has 0 N–H and O–H groups in total. The van der Waals surface area contributed by atoms with Crippen LogP contribution in [0.3, 0.4) is 0 Å². The zero-order valence-electron chi connectivity index (χ0n) is 15.3. The van der Waals surface area contributed by atoms with Crippen molar-refractivity contribution in [3.8, 4) is 11.1 Å². The number of para-hydroxylation sites is 1. The number of hydrogen-bond donors (Lipinski definition) is 0. The second kappa shape index (κ2) is 6.74. The first-order valence-corrected chi connectivity index (χ1v) is 9.46. The maximum absolute atomic E-state index is 6.51. The van der Waals surface area contributed by atoms with Crippen molar-refractivity contribution < 1.29 is 9.15 Å². The van der Waals surface area contributed by atoms with Crippen LogP contribution >= 0.6 is 11.6 Å². The molecule has 5 rings (SSSR count). The third-order valence-corrected chi connectivity index (χ3v) is 5.28. The molecule has 0 saturated carbocycles. The van der Waals surface area contributed by atoms with Crippen molar-refractivity contribution >= 4 is 50.4 Å². The van der Waals surface area contributed by atoms with Gasteiger partial charge < -0.3 is 9.15 Å². The summed E-state index contributed by atoms with van der Waals surface area (Å²) in [5, 5.41) is 5.14. The Bertz CT molecular complexity index is 1360. The summed E-state index contributed by atoms with van der Waals surface area (Å²) in [6, 6.07) is 24.6. The van der Waals surface area contributed by atoms with Crippen molar-refractivity contribution in [2.45, 2.75) is 0 Å². The van der Waals surface area contributed by atoms with Gasteiger partial charge in [-0.1, -0.05) is 66.2 Å². The smallest absolute Gasteiger partial charge is 0.137 e. The van der Waals surface area contributed by atoms with Crippen LogP contribution in [0.25, 0.3) is 49.9 Å². The molecule has 1 aromatic heterocycles. The van der Waals surface area contributed by atoms with E-state index in [1.165, 1.54) is 5.39 Å². The van der Waals surface area contributed by atoms with E-state index in [2.05, 4.69) is 42.5 Å². The van der Waals surface area contributed by atoms with Gasteiger partial charge in [0.15, 0.2) is 0 Å². The summed E-state index contributed by atoms with van der Waals surface area (Å²) in [5.74, 6) is 0. The van der Waals surface area contributed by atoms with Crippen LogP contribution in [0.4, 0.5) is 0 Å². The minimum absolute atomic E-state index is 0.649. The van der Waals surface area contributed by atoms with Crippen LogP contribution in [0.5, 0.6) is 0 Å². The van der Waals surface area contributed by atoms with E-state index in [0.29, 0.717) is 5.02 Å². The summed E-state index contributed by atoms with van der Waals surface area (Å²) in [7, 11) is 1.65. The van der Waals surface area contributed by atoms with Gasteiger partial charge in [0.05, 0.1) is 13.4 Å². The second-order valence-corrected chi connectivity index (χ2v) is 7.15. The van der Waals surface area contributed by atoms with E-state index in [4.69, 9.17) is 20.8 Å². The minimum Gasteiger partial charge on any atom is -0.504 e. The molecule has 0 spiro atoms. The number of halogens is 1. The summed E-state index contributed by atoms with van der Waals surface area (Å²) in [6.07, 6.45) is 3.68. The Morgan fingerprint density at radius 2 is 1.64 bits per heavy atom. The highest BCUT2D eigenvalue weighted by Gasteiger charge is 2.17. The molecule has 5 aromatic rings. The standard InChI is InChI=1S/C25H17ClO2/c1-27-13-12-17-11-10-16-6-2-3-7-19(16)24(17)21-14-18(26)15-23-25(21)20-8-4-5-9-22(20)28-23/h2-15H,1H3/b13-12+. The number of furan rings is 1. The SMILES string of the molecule is CO/C=C/c1ccc2ccccc2c1-c1cc(Cl)cc2oc3ccccc3c12. The van der Waals surface area contributed by atoms with E-state index in [-0.39, 0.29) is 0 Å². The molecule has 1 heterocycles. The molecule has 3 heteroatoms. The fourth-order valence-electron chi connectivity index (χ4n) is 3.89.